The zero-order chi connectivity index (χ0) is 16.3. The summed E-state index contributed by atoms with van der Waals surface area (Å²) in [5.41, 5.74) is 0.977. The van der Waals surface area contributed by atoms with Gasteiger partial charge in [0.05, 0.1) is 0 Å². The number of carbonyl (C=O) groups excluding carboxylic acids is 1. The van der Waals surface area contributed by atoms with Crippen molar-refractivity contribution in [3.63, 3.8) is 0 Å². The highest BCUT2D eigenvalue weighted by atomic mass is 35.5. The zero-order valence-electron chi connectivity index (χ0n) is 11.7. The second kappa shape index (κ2) is 6.51. The molecule has 1 unspecified atom stereocenters. The molecule has 0 aliphatic carbocycles. The van der Waals surface area contributed by atoms with E-state index in [4.69, 9.17) is 21.2 Å². The highest BCUT2D eigenvalue weighted by Crippen LogP contribution is 2.14. The molecule has 0 spiro atoms. The van der Waals surface area contributed by atoms with Gasteiger partial charge in [0.15, 0.2) is 5.76 Å². The lowest BCUT2D eigenvalue weighted by Gasteiger charge is -2.13. The van der Waals surface area contributed by atoms with Crippen molar-refractivity contribution in [1.29, 1.82) is 0 Å². The van der Waals surface area contributed by atoms with Crippen LogP contribution < -0.4 is 10.5 Å². The van der Waals surface area contributed by atoms with Gasteiger partial charge >= 0.3 is 0 Å². The summed E-state index contributed by atoms with van der Waals surface area (Å²) in [6.45, 7) is 1.82. The minimum Gasteiger partial charge on any atom is -0.438 e. The molecule has 1 amide bonds. The largest absolute Gasteiger partial charge is 0.438 e. The van der Waals surface area contributed by atoms with Crippen LogP contribution in [0.4, 0.5) is 0 Å². The Morgan fingerprint density at radius 3 is 2.68 bits per heavy atom. The lowest BCUT2D eigenvalue weighted by Crippen LogP contribution is -2.33. The van der Waals surface area contributed by atoms with Crippen LogP contribution >= 0.6 is 11.6 Å². The summed E-state index contributed by atoms with van der Waals surface area (Å²) in [6, 6.07) is 9.54. The van der Waals surface area contributed by atoms with Gasteiger partial charge in [0.1, 0.15) is 0 Å². The molecule has 1 heterocycles. The van der Waals surface area contributed by atoms with Crippen molar-refractivity contribution in [3.8, 4) is 0 Å². The molecule has 0 aliphatic heterocycles. The topological polar surface area (TPSA) is 102 Å². The third-order valence-corrected chi connectivity index (χ3v) is 3.91. The number of rotatable bonds is 5. The van der Waals surface area contributed by atoms with E-state index in [1.165, 1.54) is 6.07 Å². The second-order valence-electron chi connectivity index (χ2n) is 4.87. The van der Waals surface area contributed by atoms with E-state index in [1.807, 2.05) is 25.1 Å². The predicted molar refractivity (Wildman–Crippen MR) is 82.2 cm³/mol. The SMILES string of the molecule is CC(Cc1cccc(Cl)c1)NC(=O)c1ccc(S(N)(=O)=O)o1. The molecule has 6 nitrogen and oxygen atoms in total. The lowest BCUT2D eigenvalue weighted by molar-refractivity contribution is 0.0907. The average molecular weight is 343 g/mol. The Kier molecular flexibility index (Phi) is 4.90. The highest BCUT2D eigenvalue weighted by Gasteiger charge is 2.18. The number of amides is 1. The Labute approximate surface area is 133 Å². The number of furan rings is 1. The highest BCUT2D eigenvalue weighted by molar-refractivity contribution is 7.89. The van der Waals surface area contributed by atoms with Crippen molar-refractivity contribution >= 4 is 27.5 Å². The van der Waals surface area contributed by atoms with Crippen LogP contribution in [0.2, 0.25) is 5.02 Å². The van der Waals surface area contributed by atoms with Crippen LogP contribution in [0, 0.1) is 0 Å². The Bertz CT molecular complexity index is 786. The van der Waals surface area contributed by atoms with E-state index in [-0.39, 0.29) is 11.8 Å². The molecule has 0 radical (unpaired) electrons. The number of hydrogen-bond acceptors (Lipinski definition) is 4. The van der Waals surface area contributed by atoms with Crippen LogP contribution in [0.3, 0.4) is 0 Å². The molecule has 3 N–H and O–H groups in total. The van der Waals surface area contributed by atoms with Crippen molar-refractivity contribution in [2.24, 2.45) is 5.14 Å². The maximum absolute atomic E-state index is 12.0. The number of primary sulfonamides is 1. The normalized spacial score (nSPS) is 12.9. The molecule has 1 aromatic carbocycles. The number of halogens is 1. The Balaban J connectivity index is 2.01. The van der Waals surface area contributed by atoms with Gasteiger partial charge in [-0.15, -0.1) is 0 Å². The third-order valence-electron chi connectivity index (χ3n) is 2.89. The Hall–Kier alpha value is -1.83. The monoisotopic (exact) mass is 342 g/mol. The summed E-state index contributed by atoms with van der Waals surface area (Å²) >= 11 is 5.90. The smallest absolute Gasteiger partial charge is 0.287 e. The van der Waals surface area contributed by atoms with Gasteiger partial charge in [-0.25, -0.2) is 13.6 Å². The molecule has 0 aliphatic rings. The van der Waals surface area contributed by atoms with Crippen LogP contribution in [-0.2, 0) is 16.4 Å². The number of hydrogen-bond donors (Lipinski definition) is 2. The molecule has 0 saturated carbocycles. The first-order valence-corrected chi connectivity index (χ1v) is 8.36. The Morgan fingerprint density at radius 1 is 1.36 bits per heavy atom. The fourth-order valence-corrected chi connectivity index (χ4v) is 2.64. The van der Waals surface area contributed by atoms with Gasteiger partial charge in [0.2, 0.25) is 5.09 Å². The van der Waals surface area contributed by atoms with Gasteiger partial charge in [-0.2, -0.15) is 0 Å². The molecule has 8 heteroatoms. The van der Waals surface area contributed by atoms with Gasteiger partial charge in [0.25, 0.3) is 15.9 Å². The van der Waals surface area contributed by atoms with Crippen LogP contribution in [0.1, 0.15) is 23.0 Å². The molecule has 0 fully saturated rings. The summed E-state index contributed by atoms with van der Waals surface area (Å²) in [4.78, 5) is 12.0. The Morgan fingerprint density at radius 2 is 2.09 bits per heavy atom. The first-order chi connectivity index (χ1) is 10.3. The lowest BCUT2D eigenvalue weighted by atomic mass is 10.1. The minimum atomic E-state index is -3.96. The summed E-state index contributed by atoms with van der Waals surface area (Å²) in [5, 5.41) is 7.82. The maximum atomic E-state index is 12.0. The first-order valence-electron chi connectivity index (χ1n) is 6.43. The van der Waals surface area contributed by atoms with Gasteiger partial charge in [-0.3, -0.25) is 4.79 Å². The quantitative estimate of drug-likeness (QED) is 0.866. The zero-order valence-corrected chi connectivity index (χ0v) is 13.3. The number of benzene rings is 1. The van der Waals surface area contributed by atoms with E-state index in [0.29, 0.717) is 11.4 Å². The molecule has 2 rings (SSSR count). The van der Waals surface area contributed by atoms with E-state index >= 15 is 0 Å². The molecular weight excluding hydrogens is 328 g/mol. The molecule has 0 saturated heterocycles. The van der Waals surface area contributed by atoms with Gasteiger partial charge in [0, 0.05) is 11.1 Å². The summed E-state index contributed by atoms with van der Waals surface area (Å²) < 4.78 is 27.1. The first kappa shape index (κ1) is 16.5. The summed E-state index contributed by atoms with van der Waals surface area (Å²) in [5.74, 6) is -0.619. The van der Waals surface area contributed by atoms with Crippen LogP contribution in [0.25, 0.3) is 0 Å². The minimum absolute atomic E-state index is 0.109. The van der Waals surface area contributed by atoms with Crippen molar-refractivity contribution < 1.29 is 17.6 Å². The van der Waals surface area contributed by atoms with Gasteiger partial charge in [-0.1, -0.05) is 23.7 Å². The van der Waals surface area contributed by atoms with Crippen molar-refractivity contribution in [2.45, 2.75) is 24.5 Å². The van der Waals surface area contributed by atoms with Crippen molar-refractivity contribution in [1.82, 2.24) is 5.32 Å². The summed E-state index contributed by atoms with van der Waals surface area (Å²) in [7, 11) is -3.96. The maximum Gasteiger partial charge on any atom is 0.287 e. The molecule has 0 bridgehead atoms. The van der Waals surface area contributed by atoms with E-state index in [9.17, 15) is 13.2 Å². The van der Waals surface area contributed by atoms with Crippen molar-refractivity contribution in [2.75, 3.05) is 0 Å². The van der Waals surface area contributed by atoms with Crippen LogP contribution in [0.15, 0.2) is 45.9 Å². The van der Waals surface area contributed by atoms with E-state index in [2.05, 4.69) is 5.32 Å². The third kappa shape index (κ3) is 4.33. The van der Waals surface area contributed by atoms with Crippen molar-refractivity contribution in [3.05, 3.63) is 52.7 Å². The van der Waals surface area contributed by atoms with E-state index in [1.54, 1.807) is 6.07 Å². The van der Waals surface area contributed by atoms with E-state index < -0.39 is 21.0 Å². The molecule has 2 aromatic rings. The molecular formula is C14H15ClN2O4S. The molecule has 118 valence electrons. The van der Waals surface area contributed by atoms with Crippen LogP contribution in [0.5, 0.6) is 0 Å². The second-order valence-corrected chi connectivity index (χ2v) is 6.80. The fourth-order valence-electron chi connectivity index (χ4n) is 1.96. The van der Waals surface area contributed by atoms with Gasteiger partial charge in [-0.05, 0) is 43.2 Å². The van der Waals surface area contributed by atoms with Gasteiger partial charge < -0.3 is 9.73 Å². The number of nitrogens with two attached hydrogens (primary N) is 1. The van der Waals surface area contributed by atoms with Crippen LogP contribution in [-0.4, -0.2) is 20.4 Å². The number of sulfonamides is 1. The number of carbonyl (C=O) groups is 1. The summed E-state index contributed by atoms with van der Waals surface area (Å²) in [6.07, 6.45) is 0.578. The average Bonchev–Trinajstić information content (AvgIpc) is 2.87. The van der Waals surface area contributed by atoms with E-state index in [0.717, 1.165) is 11.6 Å². The standard InChI is InChI=1S/C14H15ClN2O4S/c1-9(7-10-3-2-4-11(15)8-10)17-14(18)12-5-6-13(21-12)22(16,19)20/h2-6,8-9H,7H2,1H3,(H,17,18)(H2,16,19,20). The number of nitrogens with one attached hydrogen (secondary N) is 1. The molecule has 1 atom stereocenters. The molecule has 1 aromatic heterocycles. The molecule has 22 heavy (non-hydrogen) atoms. The predicted octanol–water partition coefficient (Wildman–Crippen LogP) is 1.94. The fraction of sp³-hybridized carbons (Fsp3) is 0.214.